The molecule has 0 aromatic carbocycles. The Bertz CT molecular complexity index is 316. The summed E-state index contributed by atoms with van der Waals surface area (Å²) in [7, 11) is 0. The van der Waals surface area contributed by atoms with E-state index < -0.39 is 0 Å². The molecule has 0 saturated heterocycles. The zero-order valence-corrected chi connectivity index (χ0v) is 14.5. The zero-order chi connectivity index (χ0) is 14.9. The fourth-order valence-corrected chi connectivity index (χ4v) is 4.33. The van der Waals surface area contributed by atoms with Crippen LogP contribution in [-0.2, 0) is 0 Å². The maximum atomic E-state index is 3.66. The first-order valence-corrected chi connectivity index (χ1v) is 9.82. The fourth-order valence-electron chi connectivity index (χ4n) is 4.33. The molecule has 0 aliphatic heterocycles. The van der Waals surface area contributed by atoms with E-state index in [9.17, 15) is 0 Å². The second kappa shape index (κ2) is 9.55. The van der Waals surface area contributed by atoms with Crippen molar-refractivity contribution in [1.29, 1.82) is 0 Å². The quantitative estimate of drug-likeness (QED) is 0.500. The van der Waals surface area contributed by atoms with E-state index in [1.807, 2.05) is 0 Å². The molecule has 0 amide bonds. The van der Waals surface area contributed by atoms with Crippen LogP contribution >= 0.6 is 0 Å². The zero-order valence-electron chi connectivity index (χ0n) is 14.5. The van der Waals surface area contributed by atoms with Gasteiger partial charge < -0.3 is 0 Å². The molecule has 120 valence electrons. The lowest BCUT2D eigenvalue weighted by molar-refractivity contribution is 0.292. The minimum Gasteiger partial charge on any atom is -0.0996 e. The highest BCUT2D eigenvalue weighted by atomic mass is 14.3. The third kappa shape index (κ3) is 6.06. The number of unbranched alkanes of at least 4 members (excludes halogenated alkanes) is 1. The van der Waals surface area contributed by atoms with Gasteiger partial charge in [-0.1, -0.05) is 57.8 Å². The molecule has 0 N–H and O–H groups in total. The molecule has 2 rings (SSSR count). The maximum absolute atomic E-state index is 3.66. The summed E-state index contributed by atoms with van der Waals surface area (Å²) in [5.41, 5.74) is 0. The Hall–Kier alpha value is -0.440. The van der Waals surface area contributed by atoms with E-state index >= 15 is 0 Å². The molecule has 2 saturated carbocycles. The highest BCUT2D eigenvalue weighted by molar-refractivity contribution is 5.09. The Morgan fingerprint density at radius 1 is 0.619 bits per heavy atom. The summed E-state index contributed by atoms with van der Waals surface area (Å²) in [6.07, 6.45) is 18.4. The van der Waals surface area contributed by atoms with Gasteiger partial charge >= 0.3 is 0 Å². The van der Waals surface area contributed by atoms with E-state index in [2.05, 4.69) is 25.7 Å². The lowest BCUT2D eigenvalue weighted by Gasteiger charge is -2.27. The van der Waals surface area contributed by atoms with Crippen molar-refractivity contribution in [2.75, 3.05) is 0 Å². The Morgan fingerprint density at radius 3 is 1.52 bits per heavy atom. The van der Waals surface area contributed by atoms with Gasteiger partial charge in [-0.3, -0.25) is 0 Å². The Kier molecular flexibility index (Phi) is 7.70. The predicted octanol–water partition coefficient (Wildman–Crippen LogP) is 6.59. The van der Waals surface area contributed by atoms with Crippen molar-refractivity contribution < 1.29 is 0 Å². The van der Waals surface area contributed by atoms with Gasteiger partial charge in [0.05, 0.1) is 0 Å². The van der Waals surface area contributed by atoms with Crippen LogP contribution in [-0.4, -0.2) is 0 Å². The normalized spacial score (nSPS) is 33.2. The second-order valence-electron chi connectivity index (χ2n) is 7.65. The predicted molar refractivity (Wildman–Crippen MR) is 93.1 cm³/mol. The Balaban J connectivity index is 1.65. The van der Waals surface area contributed by atoms with Gasteiger partial charge in [0.2, 0.25) is 0 Å². The van der Waals surface area contributed by atoms with Gasteiger partial charge in [0.25, 0.3) is 0 Å². The molecular formula is C21H36. The smallest absolute Gasteiger partial charge is 0.0203 e. The lowest BCUT2D eigenvalue weighted by atomic mass is 9.78. The standard InChI is InChI=1S/C21H36/c1-3-5-7-19-10-14-21(15-11-19)17-16-20-12-8-18(6-4-2)9-13-20/h18-21H,3-15H2,1-2H3. The average molecular weight is 289 g/mol. The van der Waals surface area contributed by atoms with Crippen LogP contribution in [0.2, 0.25) is 0 Å². The molecule has 0 bridgehead atoms. The third-order valence-corrected chi connectivity index (χ3v) is 5.85. The topological polar surface area (TPSA) is 0 Å². The highest BCUT2D eigenvalue weighted by Crippen LogP contribution is 2.33. The van der Waals surface area contributed by atoms with Gasteiger partial charge in [0, 0.05) is 11.8 Å². The molecule has 0 radical (unpaired) electrons. The van der Waals surface area contributed by atoms with Gasteiger partial charge in [-0.05, 0) is 63.2 Å². The molecule has 0 spiro atoms. The minimum absolute atomic E-state index is 0.732. The molecule has 2 aliphatic rings. The van der Waals surface area contributed by atoms with Crippen molar-refractivity contribution in [3.63, 3.8) is 0 Å². The molecular weight excluding hydrogens is 252 g/mol. The summed E-state index contributed by atoms with van der Waals surface area (Å²) < 4.78 is 0. The number of rotatable bonds is 5. The molecule has 2 aliphatic carbocycles. The molecule has 0 atom stereocenters. The summed E-state index contributed by atoms with van der Waals surface area (Å²) in [6.45, 7) is 4.63. The summed E-state index contributed by atoms with van der Waals surface area (Å²) >= 11 is 0. The third-order valence-electron chi connectivity index (χ3n) is 5.85. The molecule has 0 unspecified atom stereocenters. The van der Waals surface area contributed by atoms with E-state index in [0.29, 0.717) is 0 Å². The maximum Gasteiger partial charge on any atom is 0.0203 e. The molecule has 0 heterocycles. The number of hydrogen-bond donors (Lipinski definition) is 0. The van der Waals surface area contributed by atoms with Crippen LogP contribution < -0.4 is 0 Å². The van der Waals surface area contributed by atoms with Crippen LogP contribution in [0, 0.1) is 35.5 Å². The van der Waals surface area contributed by atoms with Crippen molar-refractivity contribution in [3.05, 3.63) is 0 Å². The first kappa shape index (κ1) is 16.9. The van der Waals surface area contributed by atoms with E-state index in [0.717, 1.165) is 23.7 Å². The van der Waals surface area contributed by atoms with E-state index in [1.165, 1.54) is 83.5 Å². The first-order chi connectivity index (χ1) is 10.3. The Morgan fingerprint density at radius 2 is 1.10 bits per heavy atom. The van der Waals surface area contributed by atoms with E-state index in [-0.39, 0.29) is 0 Å². The highest BCUT2D eigenvalue weighted by Gasteiger charge is 2.21. The van der Waals surface area contributed by atoms with Gasteiger partial charge in [-0.15, -0.1) is 0 Å². The molecule has 2 fully saturated rings. The van der Waals surface area contributed by atoms with Crippen molar-refractivity contribution in [2.45, 2.75) is 97.3 Å². The van der Waals surface area contributed by atoms with Crippen LogP contribution in [0.5, 0.6) is 0 Å². The van der Waals surface area contributed by atoms with Crippen LogP contribution in [0.25, 0.3) is 0 Å². The van der Waals surface area contributed by atoms with E-state index in [1.54, 1.807) is 0 Å². The average Bonchev–Trinajstić information content (AvgIpc) is 2.53. The summed E-state index contributed by atoms with van der Waals surface area (Å²) in [6, 6.07) is 0. The van der Waals surface area contributed by atoms with Crippen molar-refractivity contribution in [3.8, 4) is 11.8 Å². The largest absolute Gasteiger partial charge is 0.0996 e. The van der Waals surface area contributed by atoms with Crippen LogP contribution in [0.4, 0.5) is 0 Å². The van der Waals surface area contributed by atoms with Crippen molar-refractivity contribution in [2.24, 2.45) is 23.7 Å². The first-order valence-electron chi connectivity index (χ1n) is 9.82. The van der Waals surface area contributed by atoms with Gasteiger partial charge in [0.1, 0.15) is 0 Å². The second-order valence-corrected chi connectivity index (χ2v) is 7.65. The van der Waals surface area contributed by atoms with Crippen LogP contribution in [0.15, 0.2) is 0 Å². The van der Waals surface area contributed by atoms with Gasteiger partial charge in [-0.2, -0.15) is 0 Å². The van der Waals surface area contributed by atoms with Crippen LogP contribution in [0.3, 0.4) is 0 Å². The van der Waals surface area contributed by atoms with Gasteiger partial charge in [-0.25, -0.2) is 0 Å². The molecule has 21 heavy (non-hydrogen) atoms. The SMILES string of the molecule is CCCCC1CCC(C#CC2CCC(CCC)CC2)CC1. The summed E-state index contributed by atoms with van der Waals surface area (Å²) in [5.74, 6) is 10.8. The van der Waals surface area contributed by atoms with Gasteiger partial charge in [0.15, 0.2) is 0 Å². The minimum atomic E-state index is 0.732. The molecule has 0 aromatic rings. The monoisotopic (exact) mass is 288 g/mol. The molecule has 0 heteroatoms. The Labute approximate surface area is 133 Å². The van der Waals surface area contributed by atoms with Crippen molar-refractivity contribution in [1.82, 2.24) is 0 Å². The summed E-state index contributed by atoms with van der Waals surface area (Å²) in [5, 5.41) is 0. The summed E-state index contributed by atoms with van der Waals surface area (Å²) in [4.78, 5) is 0. The van der Waals surface area contributed by atoms with Crippen molar-refractivity contribution >= 4 is 0 Å². The molecule has 0 aromatic heterocycles. The lowest BCUT2D eigenvalue weighted by Crippen LogP contribution is -2.15. The number of hydrogen-bond acceptors (Lipinski definition) is 0. The van der Waals surface area contributed by atoms with E-state index in [4.69, 9.17) is 0 Å². The molecule has 0 nitrogen and oxygen atoms in total. The van der Waals surface area contributed by atoms with Crippen LogP contribution in [0.1, 0.15) is 97.3 Å². The fraction of sp³-hybridized carbons (Fsp3) is 0.905.